The van der Waals surface area contributed by atoms with E-state index in [-0.39, 0.29) is 16.8 Å². The summed E-state index contributed by atoms with van der Waals surface area (Å²) in [4.78, 5) is 15.9. The Kier molecular flexibility index (Phi) is 2.70. The maximum atomic E-state index is 12.7. The van der Waals surface area contributed by atoms with E-state index in [0.29, 0.717) is 22.0 Å². The largest absolute Gasteiger partial charge is 0.321 e. The van der Waals surface area contributed by atoms with Crippen LogP contribution in [0.25, 0.3) is 10.8 Å². The molecule has 2 heterocycles. The molecule has 0 radical (unpaired) electrons. The molecule has 3 aromatic rings. The van der Waals surface area contributed by atoms with E-state index >= 15 is 0 Å². The third-order valence-electron chi connectivity index (χ3n) is 3.72. The van der Waals surface area contributed by atoms with Gasteiger partial charge in [0.25, 0.3) is 15.9 Å². The summed E-state index contributed by atoms with van der Waals surface area (Å²) in [6.45, 7) is 0. The summed E-state index contributed by atoms with van der Waals surface area (Å²) < 4.78 is 29.1. The zero-order valence-electron chi connectivity index (χ0n) is 11.9. The van der Waals surface area contributed by atoms with Crippen LogP contribution in [0, 0.1) is 0 Å². The van der Waals surface area contributed by atoms with Gasteiger partial charge >= 0.3 is 0 Å². The Morgan fingerprint density at radius 2 is 2.04 bits per heavy atom. The number of carbonyl (C=O) groups is 1. The zero-order valence-corrected chi connectivity index (χ0v) is 12.8. The van der Waals surface area contributed by atoms with Crippen molar-refractivity contribution in [1.82, 2.24) is 14.8 Å². The van der Waals surface area contributed by atoms with Gasteiger partial charge in [0.1, 0.15) is 6.33 Å². The Morgan fingerprint density at radius 3 is 2.78 bits per heavy atom. The van der Waals surface area contributed by atoms with Crippen LogP contribution in [-0.4, -0.2) is 29.1 Å². The van der Waals surface area contributed by atoms with Gasteiger partial charge in [0, 0.05) is 29.1 Å². The molecule has 0 spiro atoms. The molecule has 1 aromatic heterocycles. The molecule has 0 saturated heterocycles. The van der Waals surface area contributed by atoms with Crippen LogP contribution >= 0.6 is 0 Å². The minimum absolute atomic E-state index is 0.0811. The van der Waals surface area contributed by atoms with Crippen molar-refractivity contribution < 1.29 is 13.2 Å². The summed E-state index contributed by atoms with van der Waals surface area (Å²) in [5.41, 5.74) is 1.08. The van der Waals surface area contributed by atoms with Gasteiger partial charge in [-0.2, -0.15) is 10.1 Å². The van der Waals surface area contributed by atoms with Gasteiger partial charge < -0.3 is 5.32 Å². The second-order valence-electron chi connectivity index (χ2n) is 5.11. The monoisotopic (exact) mass is 329 g/mol. The molecule has 2 N–H and O–H groups in total. The number of amides is 1. The molecule has 1 aliphatic rings. The smallest absolute Gasteiger partial charge is 0.264 e. The average molecular weight is 329 g/mol. The van der Waals surface area contributed by atoms with Crippen LogP contribution in [0.5, 0.6) is 0 Å². The van der Waals surface area contributed by atoms with Crippen molar-refractivity contribution in [2.75, 3.05) is 10.0 Å². The number of hydrogen-bond acceptors (Lipinski definition) is 5. The van der Waals surface area contributed by atoms with Gasteiger partial charge in [-0.1, -0.05) is 12.1 Å². The van der Waals surface area contributed by atoms with Gasteiger partial charge in [-0.15, -0.1) is 0 Å². The third-order valence-corrected chi connectivity index (χ3v) is 5.11. The van der Waals surface area contributed by atoms with Gasteiger partial charge in [0.2, 0.25) is 5.95 Å². The summed E-state index contributed by atoms with van der Waals surface area (Å²) in [6.07, 6.45) is 1.26. The van der Waals surface area contributed by atoms with E-state index in [1.165, 1.54) is 17.1 Å². The van der Waals surface area contributed by atoms with Gasteiger partial charge in [-0.05, 0) is 18.2 Å². The van der Waals surface area contributed by atoms with Gasteiger partial charge in [0.05, 0.1) is 4.90 Å². The summed E-state index contributed by atoms with van der Waals surface area (Å²) >= 11 is 0. The predicted molar refractivity (Wildman–Crippen MR) is 83.7 cm³/mol. The van der Waals surface area contributed by atoms with E-state index in [1.54, 1.807) is 31.3 Å². The molecule has 9 heteroatoms. The Morgan fingerprint density at radius 1 is 1.22 bits per heavy atom. The van der Waals surface area contributed by atoms with Gasteiger partial charge in [-0.25, -0.2) is 17.8 Å². The van der Waals surface area contributed by atoms with Crippen molar-refractivity contribution in [1.29, 1.82) is 0 Å². The number of sulfonamides is 1. The second-order valence-corrected chi connectivity index (χ2v) is 6.76. The van der Waals surface area contributed by atoms with E-state index in [9.17, 15) is 13.2 Å². The topological polar surface area (TPSA) is 106 Å². The molecule has 2 aromatic carbocycles. The normalized spacial score (nSPS) is 13.3. The highest BCUT2D eigenvalue weighted by atomic mass is 32.2. The number of nitrogens with one attached hydrogen (secondary N) is 2. The molecular weight excluding hydrogens is 318 g/mol. The van der Waals surface area contributed by atoms with Crippen LogP contribution in [0.2, 0.25) is 0 Å². The van der Waals surface area contributed by atoms with E-state index in [0.717, 1.165) is 0 Å². The lowest BCUT2D eigenvalue weighted by Gasteiger charge is -2.10. The van der Waals surface area contributed by atoms with Crippen molar-refractivity contribution >= 4 is 38.3 Å². The summed E-state index contributed by atoms with van der Waals surface area (Å²) in [6, 6.07) is 8.05. The van der Waals surface area contributed by atoms with Crippen LogP contribution in [0.4, 0.5) is 11.6 Å². The summed E-state index contributed by atoms with van der Waals surface area (Å²) in [5, 5.41) is 7.64. The number of nitrogens with zero attached hydrogens (tertiary/aromatic N) is 3. The molecule has 1 amide bonds. The lowest BCUT2D eigenvalue weighted by molar-refractivity contribution is 0.103. The first-order chi connectivity index (χ1) is 11.0. The van der Waals surface area contributed by atoms with E-state index < -0.39 is 10.0 Å². The van der Waals surface area contributed by atoms with Crippen molar-refractivity contribution in [3.63, 3.8) is 0 Å². The Hall–Kier alpha value is -2.94. The number of carbonyl (C=O) groups excluding carboxylic acids is 1. The highest BCUT2D eigenvalue weighted by Gasteiger charge is 2.26. The molecule has 4 rings (SSSR count). The highest BCUT2D eigenvalue weighted by molar-refractivity contribution is 7.93. The number of aryl methyl sites for hydroxylation is 1. The second kappa shape index (κ2) is 4.53. The number of anilines is 2. The lowest BCUT2D eigenvalue weighted by atomic mass is 10.1. The summed E-state index contributed by atoms with van der Waals surface area (Å²) in [5.74, 6) is -0.121. The third kappa shape index (κ3) is 1.97. The number of benzene rings is 2. The average Bonchev–Trinajstić information content (AvgIpc) is 3.05. The minimum Gasteiger partial charge on any atom is -0.321 e. The molecule has 0 fully saturated rings. The van der Waals surface area contributed by atoms with Gasteiger partial charge in [-0.3, -0.25) is 4.79 Å². The molecule has 8 nitrogen and oxygen atoms in total. The first-order valence-electron chi connectivity index (χ1n) is 6.71. The maximum Gasteiger partial charge on any atom is 0.264 e. The van der Waals surface area contributed by atoms with Crippen LogP contribution in [0.1, 0.15) is 10.4 Å². The van der Waals surface area contributed by atoms with Crippen LogP contribution in [0.3, 0.4) is 0 Å². The van der Waals surface area contributed by atoms with Crippen LogP contribution in [0.15, 0.2) is 41.6 Å². The Balaban J connectivity index is 1.92. The quantitative estimate of drug-likeness (QED) is 0.754. The first-order valence-corrected chi connectivity index (χ1v) is 8.19. The number of hydrogen-bond donors (Lipinski definition) is 2. The van der Waals surface area contributed by atoms with Crippen LogP contribution < -0.4 is 10.0 Å². The molecule has 116 valence electrons. The molecule has 0 aliphatic carbocycles. The molecular formula is C14H11N5O3S. The highest BCUT2D eigenvalue weighted by Crippen LogP contribution is 2.36. The van der Waals surface area contributed by atoms with Crippen molar-refractivity contribution in [2.24, 2.45) is 7.05 Å². The molecule has 23 heavy (non-hydrogen) atoms. The zero-order chi connectivity index (χ0) is 16.2. The number of aromatic nitrogens is 3. The molecule has 0 atom stereocenters. The predicted octanol–water partition coefficient (Wildman–Crippen LogP) is 1.33. The van der Waals surface area contributed by atoms with Crippen LogP contribution in [-0.2, 0) is 17.1 Å². The fourth-order valence-corrected chi connectivity index (χ4v) is 3.90. The lowest BCUT2D eigenvalue weighted by Crippen LogP contribution is -2.16. The van der Waals surface area contributed by atoms with Crippen molar-refractivity contribution in [3.05, 3.63) is 42.2 Å². The minimum atomic E-state index is -3.87. The molecule has 1 aliphatic heterocycles. The fourth-order valence-electron chi connectivity index (χ4n) is 2.66. The SMILES string of the molecule is Cn1ncnc1NS(=O)(=O)c1ccc2c3c(cccc13)C(=O)N2. The van der Waals surface area contributed by atoms with Crippen molar-refractivity contribution in [2.45, 2.75) is 4.90 Å². The number of rotatable bonds is 3. The van der Waals surface area contributed by atoms with Gasteiger partial charge in [0.15, 0.2) is 0 Å². The standard InChI is InChI=1S/C14H11N5O3S/c1-19-14(15-7-16-19)18-23(21,22)11-6-5-10-12-8(11)3-2-4-9(12)13(20)17-10/h2-7H,1H3,(H,17,20)(H,15,16,18). The maximum absolute atomic E-state index is 12.7. The fraction of sp³-hybridized carbons (Fsp3) is 0.0714. The molecule has 0 saturated carbocycles. The Labute approximate surface area is 131 Å². The molecule has 0 bridgehead atoms. The van der Waals surface area contributed by atoms with E-state index in [4.69, 9.17) is 0 Å². The van der Waals surface area contributed by atoms with E-state index in [1.807, 2.05) is 0 Å². The Bertz CT molecular complexity index is 1070. The van der Waals surface area contributed by atoms with Crippen molar-refractivity contribution in [3.8, 4) is 0 Å². The molecule has 0 unspecified atom stereocenters. The first kappa shape index (κ1) is 13.7. The van der Waals surface area contributed by atoms with E-state index in [2.05, 4.69) is 20.1 Å². The summed E-state index contributed by atoms with van der Waals surface area (Å²) in [7, 11) is -2.28.